The summed E-state index contributed by atoms with van der Waals surface area (Å²) in [6.07, 6.45) is 0. The summed E-state index contributed by atoms with van der Waals surface area (Å²) in [7, 11) is 0. The molecule has 1 heterocycles. The SMILES string of the molecule is C1CNCCN1.CC(=O)O.Cc1ccc(C(=O)O)cc1C(=O)O. The summed E-state index contributed by atoms with van der Waals surface area (Å²) in [5, 5.41) is 31.1. The molecular formula is C15H22N2O6. The fraction of sp³-hybridized carbons (Fsp3) is 0.400. The summed E-state index contributed by atoms with van der Waals surface area (Å²) in [6, 6.07) is 4.01. The molecule has 1 saturated heterocycles. The minimum atomic E-state index is -1.12. The lowest BCUT2D eigenvalue weighted by molar-refractivity contribution is -0.134. The van der Waals surface area contributed by atoms with Crippen LogP contribution in [0.25, 0.3) is 0 Å². The Morgan fingerprint density at radius 3 is 1.65 bits per heavy atom. The minimum absolute atomic E-state index is 0.0111. The van der Waals surface area contributed by atoms with Crippen molar-refractivity contribution in [3.05, 3.63) is 34.9 Å². The number of aromatic carboxylic acids is 2. The van der Waals surface area contributed by atoms with Crippen LogP contribution in [0.2, 0.25) is 0 Å². The molecule has 0 saturated carbocycles. The number of aryl methyl sites for hydroxylation is 1. The van der Waals surface area contributed by atoms with Crippen molar-refractivity contribution in [3.63, 3.8) is 0 Å². The normalized spacial score (nSPS) is 12.8. The van der Waals surface area contributed by atoms with Crippen LogP contribution in [0.4, 0.5) is 0 Å². The lowest BCUT2D eigenvalue weighted by Gasteiger charge is -2.11. The first kappa shape index (κ1) is 20.6. The van der Waals surface area contributed by atoms with E-state index in [4.69, 9.17) is 20.1 Å². The number of hydrogen-bond donors (Lipinski definition) is 5. The molecule has 1 fully saturated rings. The van der Waals surface area contributed by atoms with Crippen molar-refractivity contribution in [1.29, 1.82) is 0 Å². The lowest BCUT2D eigenvalue weighted by atomic mass is 10.1. The smallest absolute Gasteiger partial charge is 0.335 e. The van der Waals surface area contributed by atoms with Crippen LogP contribution >= 0.6 is 0 Å². The highest BCUT2D eigenvalue weighted by atomic mass is 16.4. The Labute approximate surface area is 134 Å². The second-order valence-corrected chi connectivity index (χ2v) is 4.66. The van der Waals surface area contributed by atoms with E-state index in [-0.39, 0.29) is 11.1 Å². The summed E-state index contributed by atoms with van der Waals surface area (Å²) >= 11 is 0. The van der Waals surface area contributed by atoms with Crippen molar-refractivity contribution in [2.24, 2.45) is 0 Å². The van der Waals surface area contributed by atoms with E-state index in [0.29, 0.717) is 5.56 Å². The van der Waals surface area contributed by atoms with Crippen LogP contribution < -0.4 is 10.6 Å². The largest absolute Gasteiger partial charge is 0.481 e. The number of piperazine rings is 1. The second kappa shape index (κ2) is 11.2. The number of benzene rings is 1. The van der Waals surface area contributed by atoms with Crippen LogP contribution in [0.1, 0.15) is 33.2 Å². The quantitative estimate of drug-likeness (QED) is 0.535. The average molecular weight is 326 g/mol. The third kappa shape index (κ3) is 9.99. The maximum absolute atomic E-state index is 10.6. The van der Waals surface area contributed by atoms with Gasteiger partial charge in [0.25, 0.3) is 5.97 Å². The predicted molar refractivity (Wildman–Crippen MR) is 84.1 cm³/mol. The molecule has 0 aromatic heterocycles. The Kier molecular flexibility index (Phi) is 9.97. The van der Waals surface area contributed by atoms with Gasteiger partial charge in [-0.15, -0.1) is 0 Å². The Hall–Kier alpha value is -2.45. The molecule has 0 amide bonds. The van der Waals surface area contributed by atoms with Crippen LogP contribution in [0.5, 0.6) is 0 Å². The van der Waals surface area contributed by atoms with Gasteiger partial charge >= 0.3 is 11.9 Å². The molecule has 5 N–H and O–H groups in total. The molecule has 2 rings (SSSR count). The van der Waals surface area contributed by atoms with Gasteiger partial charge in [0.15, 0.2) is 0 Å². The van der Waals surface area contributed by atoms with E-state index < -0.39 is 17.9 Å². The summed E-state index contributed by atoms with van der Waals surface area (Å²) in [5.74, 6) is -3.07. The van der Waals surface area contributed by atoms with Gasteiger partial charge in [0.1, 0.15) is 0 Å². The predicted octanol–water partition coefficient (Wildman–Crippen LogP) is 0.662. The van der Waals surface area contributed by atoms with E-state index >= 15 is 0 Å². The molecule has 8 nitrogen and oxygen atoms in total. The Bertz CT molecular complexity index is 525. The molecular weight excluding hydrogens is 304 g/mol. The Balaban J connectivity index is 0.000000398. The molecule has 1 aliphatic heterocycles. The van der Waals surface area contributed by atoms with Crippen molar-refractivity contribution in [1.82, 2.24) is 10.6 Å². The number of carbonyl (C=O) groups is 3. The van der Waals surface area contributed by atoms with Gasteiger partial charge in [-0.3, -0.25) is 4.79 Å². The van der Waals surface area contributed by atoms with Crippen molar-refractivity contribution in [3.8, 4) is 0 Å². The second-order valence-electron chi connectivity index (χ2n) is 4.66. The lowest BCUT2D eigenvalue weighted by Crippen LogP contribution is -2.39. The molecule has 0 bridgehead atoms. The van der Waals surface area contributed by atoms with Crippen LogP contribution in [0.3, 0.4) is 0 Å². The molecule has 1 aromatic rings. The third-order valence-electron chi connectivity index (χ3n) is 2.67. The molecule has 1 aromatic carbocycles. The number of aliphatic carboxylic acids is 1. The Morgan fingerprint density at radius 1 is 0.913 bits per heavy atom. The van der Waals surface area contributed by atoms with E-state index in [1.165, 1.54) is 12.1 Å². The number of nitrogens with one attached hydrogen (secondary N) is 2. The number of rotatable bonds is 2. The van der Waals surface area contributed by atoms with E-state index in [0.717, 1.165) is 39.2 Å². The Morgan fingerprint density at radius 2 is 1.35 bits per heavy atom. The van der Waals surface area contributed by atoms with Crippen molar-refractivity contribution >= 4 is 17.9 Å². The number of carboxylic acid groups (broad SMARTS) is 3. The zero-order chi connectivity index (χ0) is 17.8. The molecule has 0 spiro atoms. The number of carboxylic acids is 3. The van der Waals surface area contributed by atoms with Gasteiger partial charge in [0.2, 0.25) is 0 Å². The van der Waals surface area contributed by atoms with E-state index in [1.807, 2.05) is 0 Å². The third-order valence-corrected chi connectivity index (χ3v) is 2.67. The van der Waals surface area contributed by atoms with Gasteiger partial charge in [-0.25, -0.2) is 9.59 Å². The summed E-state index contributed by atoms with van der Waals surface area (Å²) in [4.78, 5) is 30.1. The standard InChI is InChI=1S/C9H8O4.C4H10N2.C2H4O2/c1-5-2-3-6(8(10)11)4-7(5)9(12)13;1-2-6-4-3-5-1;1-2(3)4/h2-4H,1H3,(H,10,11)(H,12,13);5-6H,1-4H2;1H3,(H,3,4). The average Bonchev–Trinajstić information content (AvgIpc) is 2.49. The fourth-order valence-corrected chi connectivity index (χ4v) is 1.59. The van der Waals surface area contributed by atoms with Crippen molar-refractivity contribution in [2.45, 2.75) is 13.8 Å². The van der Waals surface area contributed by atoms with Gasteiger partial charge in [-0.2, -0.15) is 0 Å². The van der Waals surface area contributed by atoms with Gasteiger partial charge < -0.3 is 26.0 Å². The maximum atomic E-state index is 10.6. The van der Waals surface area contributed by atoms with Crippen molar-refractivity contribution < 1.29 is 29.7 Å². The minimum Gasteiger partial charge on any atom is -0.481 e. The first-order chi connectivity index (χ1) is 10.8. The molecule has 128 valence electrons. The summed E-state index contributed by atoms with van der Waals surface area (Å²) in [5.41, 5.74) is 0.570. The fourth-order valence-electron chi connectivity index (χ4n) is 1.59. The van der Waals surface area contributed by atoms with Crippen LogP contribution in [0, 0.1) is 6.92 Å². The van der Waals surface area contributed by atoms with Crippen molar-refractivity contribution in [2.75, 3.05) is 26.2 Å². The van der Waals surface area contributed by atoms with E-state index in [1.54, 1.807) is 6.92 Å². The highest BCUT2D eigenvalue weighted by molar-refractivity contribution is 5.94. The van der Waals surface area contributed by atoms with Crippen LogP contribution in [-0.4, -0.2) is 59.4 Å². The molecule has 0 aliphatic carbocycles. The molecule has 0 atom stereocenters. The molecule has 0 radical (unpaired) electrons. The van der Waals surface area contributed by atoms with Gasteiger partial charge in [0, 0.05) is 33.1 Å². The zero-order valence-corrected chi connectivity index (χ0v) is 13.1. The number of hydrogen-bond acceptors (Lipinski definition) is 5. The summed E-state index contributed by atoms with van der Waals surface area (Å²) < 4.78 is 0. The molecule has 1 aliphatic rings. The van der Waals surface area contributed by atoms with Gasteiger partial charge in [-0.05, 0) is 24.6 Å². The van der Waals surface area contributed by atoms with Gasteiger partial charge in [-0.1, -0.05) is 6.07 Å². The summed E-state index contributed by atoms with van der Waals surface area (Å²) in [6.45, 7) is 7.26. The van der Waals surface area contributed by atoms with Crippen LogP contribution in [-0.2, 0) is 4.79 Å². The zero-order valence-electron chi connectivity index (χ0n) is 13.1. The molecule has 8 heteroatoms. The first-order valence-electron chi connectivity index (χ1n) is 6.94. The molecule has 0 unspecified atom stereocenters. The highest BCUT2D eigenvalue weighted by Crippen LogP contribution is 2.11. The monoisotopic (exact) mass is 326 g/mol. The maximum Gasteiger partial charge on any atom is 0.335 e. The topological polar surface area (TPSA) is 136 Å². The first-order valence-corrected chi connectivity index (χ1v) is 6.94. The van der Waals surface area contributed by atoms with Gasteiger partial charge in [0.05, 0.1) is 11.1 Å². The highest BCUT2D eigenvalue weighted by Gasteiger charge is 2.10. The van der Waals surface area contributed by atoms with E-state index in [2.05, 4.69) is 10.6 Å². The molecule has 23 heavy (non-hydrogen) atoms. The van der Waals surface area contributed by atoms with Crippen LogP contribution in [0.15, 0.2) is 18.2 Å². The van der Waals surface area contributed by atoms with E-state index in [9.17, 15) is 9.59 Å².